The molecule has 1 amide bonds. The zero-order chi connectivity index (χ0) is 24.9. The van der Waals surface area contributed by atoms with Crippen LogP contribution >= 0.6 is 0 Å². The van der Waals surface area contributed by atoms with Gasteiger partial charge < -0.3 is 19.5 Å². The first kappa shape index (κ1) is 26.0. The number of nitrogens with zero attached hydrogens (tertiary/aromatic N) is 4. The SMILES string of the molecule is N#Cc1ccc(OCCCCCCN2CCN(CCCOc3ccc(C#N)cc3)C(O)C2=O)cc1. The monoisotopic (exact) mass is 476 g/mol. The van der Waals surface area contributed by atoms with Gasteiger partial charge >= 0.3 is 0 Å². The Morgan fingerprint density at radius 1 is 0.771 bits per heavy atom. The van der Waals surface area contributed by atoms with Crippen LogP contribution in [0.25, 0.3) is 0 Å². The fourth-order valence-electron chi connectivity index (χ4n) is 3.91. The van der Waals surface area contributed by atoms with E-state index in [2.05, 4.69) is 12.1 Å². The lowest BCUT2D eigenvalue weighted by atomic mass is 10.1. The smallest absolute Gasteiger partial charge is 0.266 e. The number of nitriles is 2. The maximum absolute atomic E-state index is 12.6. The van der Waals surface area contributed by atoms with Gasteiger partial charge in [-0.15, -0.1) is 0 Å². The molecule has 1 heterocycles. The maximum atomic E-state index is 12.6. The molecular weight excluding hydrogens is 444 g/mol. The number of benzene rings is 2. The number of carbonyl (C=O) groups is 1. The molecule has 0 saturated carbocycles. The summed E-state index contributed by atoms with van der Waals surface area (Å²) in [5.41, 5.74) is 1.21. The molecule has 0 aliphatic carbocycles. The second-order valence-corrected chi connectivity index (χ2v) is 8.47. The fourth-order valence-corrected chi connectivity index (χ4v) is 3.91. The van der Waals surface area contributed by atoms with Crippen LogP contribution in [-0.2, 0) is 4.79 Å². The Morgan fingerprint density at radius 2 is 1.31 bits per heavy atom. The quantitative estimate of drug-likeness (QED) is 0.442. The summed E-state index contributed by atoms with van der Waals surface area (Å²) in [4.78, 5) is 16.1. The molecule has 0 bridgehead atoms. The Morgan fingerprint density at radius 3 is 1.89 bits per heavy atom. The number of amides is 1. The van der Waals surface area contributed by atoms with Crippen molar-refractivity contribution in [3.8, 4) is 23.6 Å². The summed E-state index contributed by atoms with van der Waals surface area (Å²) >= 11 is 0. The van der Waals surface area contributed by atoms with Crippen molar-refractivity contribution in [2.75, 3.05) is 39.4 Å². The third kappa shape index (κ3) is 8.29. The molecule has 2 aromatic rings. The van der Waals surface area contributed by atoms with Gasteiger partial charge in [0.2, 0.25) is 0 Å². The van der Waals surface area contributed by atoms with E-state index in [0.717, 1.165) is 31.4 Å². The maximum Gasteiger partial charge on any atom is 0.266 e. The second kappa shape index (κ2) is 14.0. The molecule has 3 rings (SSSR count). The highest BCUT2D eigenvalue weighted by atomic mass is 16.5. The molecule has 1 aliphatic heterocycles. The highest BCUT2D eigenvalue weighted by Crippen LogP contribution is 2.15. The van der Waals surface area contributed by atoms with Crippen LogP contribution in [0.15, 0.2) is 48.5 Å². The lowest BCUT2D eigenvalue weighted by Gasteiger charge is -2.38. The lowest BCUT2D eigenvalue weighted by Crippen LogP contribution is -2.57. The summed E-state index contributed by atoms with van der Waals surface area (Å²) in [7, 11) is 0. The van der Waals surface area contributed by atoms with Crippen LogP contribution in [0.3, 0.4) is 0 Å². The Hall–Kier alpha value is -3.59. The Balaban J connectivity index is 1.24. The van der Waals surface area contributed by atoms with Crippen molar-refractivity contribution in [1.29, 1.82) is 10.5 Å². The number of rotatable bonds is 13. The minimum absolute atomic E-state index is 0.228. The van der Waals surface area contributed by atoms with Gasteiger partial charge in [-0.25, -0.2) is 0 Å². The Kier molecular flexibility index (Phi) is 10.4. The third-order valence-electron chi connectivity index (χ3n) is 5.95. The zero-order valence-corrected chi connectivity index (χ0v) is 19.9. The molecule has 0 spiro atoms. The molecule has 35 heavy (non-hydrogen) atoms. The van der Waals surface area contributed by atoms with E-state index in [1.807, 2.05) is 0 Å². The number of piperazine rings is 1. The van der Waals surface area contributed by atoms with Gasteiger partial charge in [-0.3, -0.25) is 9.69 Å². The first-order valence-corrected chi connectivity index (χ1v) is 12.1. The molecule has 8 heteroatoms. The van der Waals surface area contributed by atoms with Crippen LogP contribution in [0.5, 0.6) is 11.5 Å². The first-order chi connectivity index (χ1) is 17.1. The summed E-state index contributed by atoms with van der Waals surface area (Å²) in [5.74, 6) is 1.24. The number of carbonyl (C=O) groups excluding carboxylic acids is 1. The second-order valence-electron chi connectivity index (χ2n) is 8.47. The van der Waals surface area contributed by atoms with Crippen molar-refractivity contribution in [2.45, 2.75) is 38.3 Å². The van der Waals surface area contributed by atoms with E-state index in [1.54, 1.807) is 58.3 Å². The van der Waals surface area contributed by atoms with Crippen LogP contribution in [0, 0.1) is 22.7 Å². The van der Waals surface area contributed by atoms with Crippen LogP contribution in [0.1, 0.15) is 43.2 Å². The van der Waals surface area contributed by atoms with Crippen molar-refractivity contribution in [3.05, 3.63) is 59.7 Å². The zero-order valence-electron chi connectivity index (χ0n) is 19.9. The minimum Gasteiger partial charge on any atom is -0.494 e. The number of hydrogen-bond acceptors (Lipinski definition) is 7. The predicted molar refractivity (Wildman–Crippen MR) is 131 cm³/mol. The van der Waals surface area contributed by atoms with Crippen LogP contribution in [-0.4, -0.2) is 66.4 Å². The van der Waals surface area contributed by atoms with Gasteiger partial charge in [0.15, 0.2) is 6.23 Å². The standard InChI is InChI=1S/C27H32N4O4/c28-20-22-6-10-24(11-7-22)34-18-4-2-1-3-14-30-16-17-31(27(33)26(30)32)15-5-19-35-25-12-8-23(21-29)9-13-25/h6-13,27,33H,1-5,14-19H2. The van der Waals surface area contributed by atoms with E-state index in [1.165, 1.54) is 0 Å². The average molecular weight is 477 g/mol. The number of ether oxygens (including phenoxy) is 2. The van der Waals surface area contributed by atoms with Crippen LogP contribution < -0.4 is 9.47 Å². The summed E-state index contributed by atoms with van der Waals surface area (Å²) in [6, 6.07) is 18.2. The summed E-state index contributed by atoms with van der Waals surface area (Å²) in [5, 5.41) is 28.1. The van der Waals surface area contributed by atoms with Gasteiger partial charge in [0, 0.05) is 26.2 Å². The number of unbranched alkanes of at least 4 members (excludes halogenated alkanes) is 3. The van der Waals surface area contributed by atoms with Crippen molar-refractivity contribution >= 4 is 5.91 Å². The normalized spacial score (nSPS) is 15.9. The molecule has 8 nitrogen and oxygen atoms in total. The summed E-state index contributed by atoms with van der Waals surface area (Å²) in [6.45, 7) is 3.59. The average Bonchev–Trinajstić information content (AvgIpc) is 2.90. The van der Waals surface area contributed by atoms with Gasteiger partial charge in [-0.2, -0.15) is 10.5 Å². The van der Waals surface area contributed by atoms with Crippen molar-refractivity contribution < 1.29 is 19.4 Å². The van der Waals surface area contributed by atoms with E-state index in [4.69, 9.17) is 20.0 Å². The first-order valence-electron chi connectivity index (χ1n) is 12.1. The van der Waals surface area contributed by atoms with E-state index >= 15 is 0 Å². The Bertz CT molecular complexity index is 1010. The van der Waals surface area contributed by atoms with Crippen LogP contribution in [0.4, 0.5) is 0 Å². The fraction of sp³-hybridized carbons (Fsp3) is 0.444. The van der Waals surface area contributed by atoms with Crippen LogP contribution in [0.2, 0.25) is 0 Å². The molecule has 1 unspecified atom stereocenters. The van der Waals surface area contributed by atoms with Crippen molar-refractivity contribution in [2.24, 2.45) is 0 Å². The molecular formula is C27H32N4O4. The van der Waals surface area contributed by atoms with E-state index in [0.29, 0.717) is 62.7 Å². The number of hydrogen-bond donors (Lipinski definition) is 1. The Labute approximate surface area is 206 Å². The predicted octanol–water partition coefficient (Wildman–Crippen LogP) is 3.30. The highest BCUT2D eigenvalue weighted by molar-refractivity contribution is 5.81. The largest absolute Gasteiger partial charge is 0.494 e. The molecule has 0 radical (unpaired) electrons. The molecule has 184 valence electrons. The van der Waals surface area contributed by atoms with Gasteiger partial charge in [0.1, 0.15) is 11.5 Å². The lowest BCUT2D eigenvalue weighted by molar-refractivity contribution is -0.158. The topological polar surface area (TPSA) is 110 Å². The van der Waals surface area contributed by atoms with Crippen molar-refractivity contribution in [3.63, 3.8) is 0 Å². The van der Waals surface area contributed by atoms with E-state index in [-0.39, 0.29) is 5.91 Å². The summed E-state index contributed by atoms with van der Waals surface area (Å²) in [6.07, 6.45) is 3.41. The van der Waals surface area contributed by atoms with Gasteiger partial charge in [0.25, 0.3) is 5.91 Å². The minimum atomic E-state index is -1.10. The van der Waals surface area contributed by atoms with Crippen molar-refractivity contribution in [1.82, 2.24) is 9.80 Å². The highest BCUT2D eigenvalue weighted by Gasteiger charge is 2.32. The van der Waals surface area contributed by atoms with Gasteiger partial charge in [0.05, 0.1) is 36.5 Å². The van der Waals surface area contributed by atoms with Gasteiger partial charge in [-0.1, -0.05) is 12.8 Å². The summed E-state index contributed by atoms with van der Waals surface area (Å²) < 4.78 is 11.4. The molecule has 0 aromatic heterocycles. The third-order valence-corrected chi connectivity index (χ3v) is 5.95. The van der Waals surface area contributed by atoms with Gasteiger partial charge in [-0.05, 0) is 67.8 Å². The van der Waals surface area contributed by atoms with E-state index in [9.17, 15) is 9.90 Å². The molecule has 1 atom stereocenters. The molecule has 2 aromatic carbocycles. The van der Waals surface area contributed by atoms with E-state index < -0.39 is 6.23 Å². The number of aliphatic hydroxyl groups excluding tert-OH is 1. The molecule has 1 N–H and O–H groups in total. The number of aliphatic hydroxyl groups is 1. The molecule has 1 aliphatic rings. The molecule has 1 saturated heterocycles. The molecule has 1 fully saturated rings.